The Balaban J connectivity index is 1.44. The molecule has 1 N–H and O–H groups in total. The molecule has 0 radical (unpaired) electrons. The number of aromatic amines is 1. The van der Waals surface area contributed by atoms with Gasteiger partial charge in [-0.3, -0.25) is 4.79 Å². The van der Waals surface area contributed by atoms with Crippen LogP contribution in [0.5, 0.6) is 0 Å². The standard InChI is InChI=1S/C21H24N2O3/c1-26-21(25)17-7-4-5-15-13-23(20(24)11-18(15)17)10-9-14-12-22-19-8-3-2-6-16(14)19/h2-3,6-8,12,15,18,22H,4-5,9-11,13H2,1H3/t15-,18+/m1/s1. The van der Waals surface area contributed by atoms with E-state index in [-0.39, 0.29) is 17.8 Å². The first-order valence-electron chi connectivity index (χ1n) is 9.28. The quantitative estimate of drug-likeness (QED) is 0.860. The van der Waals surface area contributed by atoms with Crippen LogP contribution in [0.3, 0.4) is 0 Å². The predicted octanol–water partition coefficient (Wildman–Crippen LogP) is 3.07. The highest BCUT2D eigenvalue weighted by molar-refractivity contribution is 5.91. The van der Waals surface area contributed by atoms with E-state index in [9.17, 15) is 9.59 Å². The number of likely N-dealkylation sites (tertiary alicyclic amines) is 1. The van der Waals surface area contributed by atoms with E-state index in [1.807, 2.05) is 29.3 Å². The van der Waals surface area contributed by atoms with Gasteiger partial charge in [0.05, 0.1) is 7.11 Å². The molecule has 136 valence electrons. The van der Waals surface area contributed by atoms with E-state index in [4.69, 9.17) is 4.74 Å². The fraction of sp³-hybridized carbons (Fsp3) is 0.429. The summed E-state index contributed by atoms with van der Waals surface area (Å²) >= 11 is 0. The van der Waals surface area contributed by atoms with Crippen LogP contribution in [-0.2, 0) is 20.7 Å². The number of nitrogens with zero attached hydrogens (tertiary/aromatic N) is 1. The SMILES string of the molecule is COC(=O)C1=CCC[C@@H]2CN(CCc3c[nH]c4ccccc34)C(=O)C[C@H]12. The highest BCUT2D eigenvalue weighted by Gasteiger charge is 2.39. The van der Waals surface area contributed by atoms with Crippen LogP contribution in [0.2, 0.25) is 0 Å². The van der Waals surface area contributed by atoms with Crippen molar-refractivity contribution in [2.45, 2.75) is 25.7 Å². The van der Waals surface area contributed by atoms with Gasteiger partial charge in [-0.15, -0.1) is 0 Å². The Labute approximate surface area is 153 Å². The lowest BCUT2D eigenvalue weighted by atomic mass is 9.74. The van der Waals surface area contributed by atoms with Crippen molar-refractivity contribution >= 4 is 22.8 Å². The summed E-state index contributed by atoms with van der Waals surface area (Å²) in [6.07, 6.45) is 7.17. The molecule has 5 nitrogen and oxygen atoms in total. The average molecular weight is 352 g/mol. The average Bonchev–Trinajstić information content (AvgIpc) is 3.08. The molecule has 1 fully saturated rings. The number of carbonyl (C=O) groups excluding carboxylic acids is 2. The fourth-order valence-corrected chi connectivity index (χ4v) is 4.42. The van der Waals surface area contributed by atoms with Gasteiger partial charge in [-0.05, 0) is 36.8 Å². The maximum Gasteiger partial charge on any atom is 0.333 e. The van der Waals surface area contributed by atoms with Crippen molar-refractivity contribution in [3.63, 3.8) is 0 Å². The second-order valence-electron chi connectivity index (χ2n) is 7.25. The number of allylic oxidation sites excluding steroid dienone is 1. The van der Waals surface area contributed by atoms with E-state index >= 15 is 0 Å². The van der Waals surface area contributed by atoms with Gasteiger partial charge in [-0.1, -0.05) is 24.3 Å². The molecule has 0 unspecified atom stereocenters. The predicted molar refractivity (Wildman–Crippen MR) is 99.5 cm³/mol. The molecule has 1 aromatic heterocycles. The highest BCUT2D eigenvalue weighted by atomic mass is 16.5. The van der Waals surface area contributed by atoms with Crippen molar-refractivity contribution in [3.8, 4) is 0 Å². The smallest absolute Gasteiger partial charge is 0.333 e. The molecule has 2 heterocycles. The molecule has 1 aliphatic heterocycles. The number of methoxy groups -OCH3 is 1. The number of piperidine rings is 1. The maximum absolute atomic E-state index is 12.7. The molecule has 1 aromatic carbocycles. The van der Waals surface area contributed by atoms with Crippen LogP contribution in [0.25, 0.3) is 10.9 Å². The Morgan fingerprint density at radius 1 is 1.35 bits per heavy atom. The number of nitrogens with one attached hydrogen (secondary N) is 1. The third-order valence-corrected chi connectivity index (χ3v) is 5.82. The first-order chi connectivity index (χ1) is 12.7. The lowest BCUT2D eigenvalue weighted by Crippen LogP contribution is -2.47. The molecular formula is C21H24N2O3. The molecule has 1 amide bonds. The summed E-state index contributed by atoms with van der Waals surface area (Å²) in [6, 6.07) is 8.24. The molecule has 1 aliphatic carbocycles. The number of fused-ring (bicyclic) bond motifs is 2. The molecule has 5 heteroatoms. The first kappa shape index (κ1) is 16.9. The Morgan fingerprint density at radius 2 is 2.19 bits per heavy atom. The lowest BCUT2D eigenvalue weighted by molar-refractivity contribution is -0.140. The van der Waals surface area contributed by atoms with Gasteiger partial charge in [-0.25, -0.2) is 4.79 Å². The summed E-state index contributed by atoms with van der Waals surface area (Å²) < 4.78 is 4.90. The Hall–Kier alpha value is -2.56. The molecule has 1 saturated heterocycles. The molecule has 0 bridgehead atoms. The third kappa shape index (κ3) is 3.02. The summed E-state index contributed by atoms with van der Waals surface area (Å²) in [6.45, 7) is 1.46. The molecule has 0 saturated carbocycles. The summed E-state index contributed by atoms with van der Waals surface area (Å²) in [7, 11) is 1.41. The van der Waals surface area contributed by atoms with Crippen molar-refractivity contribution < 1.29 is 14.3 Å². The molecule has 2 atom stereocenters. The van der Waals surface area contributed by atoms with Gasteiger partial charge >= 0.3 is 5.97 Å². The number of benzene rings is 1. The largest absolute Gasteiger partial charge is 0.466 e. The van der Waals surface area contributed by atoms with Gasteiger partial charge in [0.25, 0.3) is 0 Å². The van der Waals surface area contributed by atoms with Crippen molar-refractivity contribution in [3.05, 3.63) is 47.7 Å². The second-order valence-corrected chi connectivity index (χ2v) is 7.25. The number of H-pyrrole nitrogens is 1. The van der Waals surface area contributed by atoms with Gasteiger partial charge in [-0.2, -0.15) is 0 Å². The highest BCUT2D eigenvalue weighted by Crippen LogP contribution is 2.38. The number of para-hydroxylation sites is 1. The van der Waals surface area contributed by atoms with Crippen LogP contribution in [0.4, 0.5) is 0 Å². The number of esters is 1. The minimum absolute atomic E-state index is 0.0213. The third-order valence-electron chi connectivity index (χ3n) is 5.82. The molecule has 2 aromatic rings. The van der Waals surface area contributed by atoms with E-state index in [0.29, 0.717) is 17.9 Å². The Kier molecular flexibility index (Phi) is 4.53. The number of carbonyl (C=O) groups is 2. The van der Waals surface area contributed by atoms with Gasteiger partial charge in [0.15, 0.2) is 0 Å². The summed E-state index contributed by atoms with van der Waals surface area (Å²) in [5, 5.41) is 1.23. The number of hydrogen-bond acceptors (Lipinski definition) is 3. The minimum Gasteiger partial charge on any atom is -0.466 e. The van der Waals surface area contributed by atoms with Gasteiger partial charge in [0, 0.05) is 48.1 Å². The number of rotatable bonds is 4. The second kappa shape index (κ2) is 6.98. The zero-order valence-corrected chi connectivity index (χ0v) is 15.0. The molecule has 26 heavy (non-hydrogen) atoms. The van der Waals surface area contributed by atoms with Crippen LogP contribution in [0, 0.1) is 11.8 Å². The van der Waals surface area contributed by atoms with E-state index in [1.165, 1.54) is 18.1 Å². The Bertz CT molecular complexity index is 867. The minimum atomic E-state index is -0.278. The van der Waals surface area contributed by atoms with Crippen LogP contribution in [-0.4, -0.2) is 42.0 Å². The van der Waals surface area contributed by atoms with E-state index < -0.39 is 0 Å². The molecule has 2 aliphatic rings. The van der Waals surface area contributed by atoms with Crippen LogP contribution < -0.4 is 0 Å². The van der Waals surface area contributed by atoms with E-state index in [1.54, 1.807) is 0 Å². The number of ether oxygens (including phenoxy) is 1. The van der Waals surface area contributed by atoms with Crippen molar-refractivity contribution in [1.29, 1.82) is 0 Å². The zero-order chi connectivity index (χ0) is 18.1. The summed E-state index contributed by atoms with van der Waals surface area (Å²) in [4.78, 5) is 29.9. The van der Waals surface area contributed by atoms with Crippen molar-refractivity contribution in [2.75, 3.05) is 20.2 Å². The molecule has 0 spiro atoms. The van der Waals surface area contributed by atoms with Gasteiger partial charge in [0.2, 0.25) is 5.91 Å². The lowest BCUT2D eigenvalue weighted by Gasteiger charge is -2.40. The van der Waals surface area contributed by atoms with Gasteiger partial charge < -0.3 is 14.6 Å². The van der Waals surface area contributed by atoms with Crippen LogP contribution in [0.15, 0.2) is 42.1 Å². The van der Waals surface area contributed by atoms with E-state index in [0.717, 1.165) is 37.9 Å². The fourth-order valence-electron chi connectivity index (χ4n) is 4.42. The zero-order valence-electron chi connectivity index (χ0n) is 15.0. The number of aromatic nitrogens is 1. The number of amides is 1. The number of hydrogen-bond donors (Lipinski definition) is 1. The van der Waals surface area contributed by atoms with Crippen molar-refractivity contribution in [2.24, 2.45) is 11.8 Å². The monoisotopic (exact) mass is 352 g/mol. The van der Waals surface area contributed by atoms with Gasteiger partial charge in [0.1, 0.15) is 0 Å². The van der Waals surface area contributed by atoms with Crippen molar-refractivity contribution in [1.82, 2.24) is 9.88 Å². The molecular weight excluding hydrogens is 328 g/mol. The maximum atomic E-state index is 12.7. The summed E-state index contributed by atoms with van der Waals surface area (Å²) in [5.41, 5.74) is 3.08. The van der Waals surface area contributed by atoms with Crippen LogP contribution in [0.1, 0.15) is 24.8 Å². The topological polar surface area (TPSA) is 62.4 Å². The Morgan fingerprint density at radius 3 is 3.04 bits per heavy atom. The van der Waals surface area contributed by atoms with E-state index in [2.05, 4.69) is 17.1 Å². The first-order valence-corrected chi connectivity index (χ1v) is 9.28. The van der Waals surface area contributed by atoms with Crippen LogP contribution >= 0.6 is 0 Å². The normalized spacial score (nSPS) is 22.9. The molecule has 4 rings (SSSR count). The summed E-state index contributed by atoms with van der Waals surface area (Å²) in [5.74, 6) is 0.241.